The Balaban J connectivity index is -0.000000107. The van der Waals surface area contributed by atoms with E-state index in [2.05, 4.69) is 0 Å². The summed E-state index contributed by atoms with van der Waals surface area (Å²) >= 11 is 20.4. The van der Waals surface area contributed by atoms with Crippen molar-refractivity contribution < 1.29 is 0 Å². The predicted octanol–water partition coefficient (Wildman–Crippen LogP) is 1.92. The van der Waals surface area contributed by atoms with Gasteiger partial charge in [-0.05, 0) is 0 Å². The summed E-state index contributed by atoms with van der Waals surface area (Å²) in [6.45, 7) is 0.673. The van der Waals surface area contributed by atoms with Crippen LogP contribution in [0.15, 0.2) is 0 Å². The Bertz CT molecular complexity index is 52.4. The Morgan fingerprint density at radius 3 is 0.909 bits per heavy atom. The van der Waals surface area contributed by atoms with Crippen LogP contribution in [0.25, 0.3) is 0 Å². The zero-order chi connectivity index (χ0) is 8.57. The number of halogens is 5. The number of hydrogen-bond acceptors (Lipinski definition) is 2. The molecule has 0 radical (unpaired) electrons. The van der Waals surface area contributed by atoms with E-state index in [9.17, 15) is 0 Å². The van der Waals surface area contributed by atoms with E-state index in [1.54, 1.807) is 0 Å². The molecule has 0 aliphatic rings. The minimum Gasteiger partial charge on any atom is -0.328 e. The van der Waals surface area contributed by atoms with Gasteiger partial charge in [-0.15, -0.1) is 58.8 Å². The van der Waals surface area contributed by atoms with Crippen LogP contribution < -0.4 is 11.5 Å². The first kappa shape index (κ1) is 18.2. The first-order valence-electron chi connectivity index (χ1n) is 2.51. The highest BCUT2D eigenvalue weighted by molar-refractivity contribution is 6.44. The monoisotopic (exact) mass is 262 g/mol. The molecule has 0 heterocycles. The molecule has 0 saturated heterocycles. The van der Waals surface area contributed by atoms with Crippen molar-refractivity contribution in [3.8, 4) is 0 Å². The Morgan fingerprint density at radius 1 is 0.818 bits per heavy atom. The topological polar surface area (TPSA) is 52.0 Å². The summed E-state index contributed by atoms with van der Waals surface area (Å²) in [7, 11) is 0. The summed E-state index contributed by atoms with van der Waals surface area (Å²) in [5.74, 6) is 0. The summed E-state index contributed by atoms with van der Waals surface area (Å²) in [4.78, 5) is -0.787. The molecule has 0 aliphatic heterocycles. The van der Waals surface area contributed by atoms with Crippen molar-refractivity contribution in [2.24, 2.45) is 11.5 Å². The highest BCUT2D eigenvalue weighted by Crippen LogP contribution is 1.95. The van der Waals surface area contributed by atoms with Crippen LogP contribution in [0.5, 0.6) is 0 Å². The lowest BCUT2D eigenvalue weighted by Crippen LogP contribution is -2.06. The molecule has 0 bridgehead atoms. The quantitative estimate of drug-likeness (QED) is 0.749. The molecule has 0 aromatic heterocycles. The highest BCUT2D eigenvalue weighted by Gasteiger charge is 1.87. The molecule has 0 saturated carbocycles. The summed E-state index contributed by atoms with van der Waals surface area (Å²) < 4.78 is 0. The smallest absolute Gasteiger partial charge is 0.120 e. The Kier molecular flexibility index (Phi) is 23.1. The van der Waals surface area contributed by atoms with E-state index < -0.39 is 9.67 Å². The van der Waals surface area contributed by atoms with Crippen LogP contribution in [0.4, 0.5) is 0 Å². The lowest BCUT2D eigenvalue weighted by molar-refractivity contribution is 1.09. The predicted molar refractivity (Wildman–Crippen MR) is 56.3 cm³/mol. The van der Waals surface area contributed by atoms with Gasteiger partial charge in [-0.2, -0.15) is 0 Å². The maximum absolute atomic E-state index is 5.10. The maximum atomic E-state index is 5.10. The van der Waals surface area contributed by atoms with Gasteiger partial charge in [-0.25, -0.2) is 0 Å². The molecule has 4 N–H and O–H groups in total. The number of hydrogen-bond donors (Lipinski definition) is 2. The van der Waals surface area contributed by atoms with E-state index in [1.807, 2.05) is 0 Å². The second-order valence-corrected chi connectivity index (χ2v) is 3.81. The lowest BCUT2D eigenvalue weighted by atomic mass is 10.8. The highest BCUT2D eigenvalue weighted by atomic mass is 35.5. The summed E-state index contributed by atoms with van der Waals surface area (Å²) in [6, 6.07) is 0. The van der Waals surface area contributed by atoms with Gasteiger partial charge in [-0.3, -0.25) is 0 Å². The van der Waals surface area contributed by atoms with Gasteiger partial charge >= 0.3 is 0 Å². The molecule has 0 rings (SSSR count). The van der Waals surface area contributed by atoms with Crippen molar-refractivity contribution in [3.05, 3.63) is 0 Å². The molecule has 7 heteroatoms. The van der Waals surface area contributed by atoms with E-state index in [1.165, 1.54) is 0 Å². The molecule has 0 aromatic carbocycles. The molecule has 0 spiro atoms. The standard InChI is InChI=1S/2C2H5Cl2N.ClH/c2*3-2(4)1-5;/h2*2H,1,5H2;1H. The normalized spacial score (nSPS) is 8.73. The van der Waals surface area contributed by atoms with Crippen LogP contribution in [0, 0.1) is 0 Å². The Labute approximate surface area is 92.9 Å². The van der Waals surface area contributed by atoms with Crippen molar-refractivity contribution in [1.82, 2.24) is 0 Å². The van der Waals surface area contributed by atoms with E-state index >= 15 is 0 Å². The van der Waals surface area contributed by atoms with Gasteiger partial charge < -0.3 is 11.5 Å². The van der Waals surface area contributed by atoms with Gasteiger partial charge in [0.2, 0.25) is 0 Å². The summed E-state index contributed by atoms with van der Waals surface area (Å²) in [5.41, 5.74) is 9.81. The largest absolute Gasteiger partial charge is 0.328 e. The van der Waals surface area contributed by atoms with Crippen LogP contribution in [0.2, 0.25) is 0 Å². The molecule has 0 atom stereocenters. The fraction of sp³-hybridized carbons (Fsp3) is 1.00. The van der Waals surface area contributed by atoms with Gasteiger partial charge in [0.1, 0.15) is 9.67 Å². The molecule has 0 aromatic rings. The first-order chi connectivity index (χ1) is 4.54. The Hall–Kier alpha value is 1.37. The molecule has 0 fully saturated rings. The minimum absolute atomic E-state index is 0. The van der Waals surface area contributed by atoms with Crippen molar-refractivity contribution in [2.45, 2.75) is 9.67 Å². The average Bonchev–Trinajstić information content (AvgIpc) is 1.89. The van der Waals surface area contributed by atoms with E-state index in [0.29, 0.717) is 13.1 Å². The van der Waals surface area contributed by atoms with Crippen LogP contribution in [0.1, 0.15) is 0 Å². The number of nitrogens with two attached hydrogens (primary N) is 2. The van der Waals surface area contributed by atoms with Gasteiger partial charge in [0, 0.05) is 13.1 Å². The Morgan fingerprint density at radius 2 is 0.909 bits per heavy atom. The first-order valence-corrected chi connectivity index (χ1v) is 4.25. The molecule has 0 amide bonds. The second-order valence-electron chi connectivity index (χ2n) is 1.25. The van der Waals surface area contributed by atoms with Crippen LogP contribution in [0.3, 0.4) is 0 Å². The zero-order valence-corrected chi connectivity index (χ0v) is 9.48. The van der Waals surface area contributed by atoms with E-state index in [0.717, 1.165) is 0 Å². The lowest BCUT2D eigenvalue weighted by Gasteiger charge is -1.85. The van der Waals surface area contributed by atoms with Gasteiger partial charge in [-0.1, -0.05) is 0 Å². The van der Waals surface area contributed by atoms with Crippen LogP contribution >= 0.6 is 58.8 Å². The molecule has 11 heavy (non-hydrogen) atoms. The summed E-state index contributed by atoms with van der Waals surface area (Å²) in [6.07, 6.45) is 0. The second kappa shape index (κ2) is 13.9. The zero-order valence-electron chi connectivity index (χ0n) is 5.64. The van der Waals surface area contributed by atoms with Crippen molar-refractivity contribution in [2.75, 3.05) is 13.1 Å². The van der Waals surface area contributed by atoms with Gasteiger partial charge in [0.05, 0.1) is 0 Å². The molecule has 72 valence electrons. The van der Waals surface area contributed by atoms with E-state index in [-0.39, 0.29) is 12.4 Å². The average molecular weight is 264 g/mol. The number of rotatable bonds is 2. The molecule has 0 unspecified atom stereocenters. The molecule has 2 nitrogen and oxygen atoms in total. The fourth-order valence-electron chi connectivity index (χ4n) is 0. The van der Waals surface area contributed by atoms with Crippen molar-refractivity contribution >= 4 is 58.8 Å². The van der Waals surface area contributed by atoms with Gasteiger partial charge in [0.25, 0.3) is 0 Å². The SMILES string of the molecule is Cl.NCC(Cl)Cl.NCC(Cl)Cl. The molecular formula is C4H11Cl5N2. The van der Waals surface area contributed by atoms with Crippen molar-refractivity contribution in [1.29, 1.82) is 0 Å². The fourth-order valence-corrected chi connectivity index (χ4v) is 0. The third-order valence-electron chi connectivity index (χ3n) is 0.356. The maximum Gasteiger partial charge on any atom is 0.120 e. The van der Waals surface area contributed by atoms with Crippen LogP contribution in [-0.2, 0) is 0 Å². The van der Waals surface area contributed by atoms with Crippen molar-refractivity contribution in [3.63, 3.8) is 0 Å². The van der Waals surface area contributed by atoms with E-state index in [4.69, 9.17) is 57.9 Å². The molecule has 0 aliphatic carbocycles. The number of alkyl halides is 4. The third kappa shape index (κ3) is 34.6. The molecular weight excluding hydrogens is 253 g/mol. The van der Waals surface area contributed by atoms with Crippen LogP contribution in [-0.4, -0.2) is 22.8 Å². The third-order valence-corrected chi connectivity index (χ3v) is 1.07. The minimum atomic E-state index is -0.394. The van der Waals surface area contributed by atoms with Gasteiger partial charge in [0.15, 0.2) is 0 Å². The summed E-state index contributed by atoms with van der Waals surface area (Å²) in [5, 5.41) is 0.